The average molecular weight is 1560 g/mol. The second-order valence-corrected chi connectivity index (χ2v) is 35.8. The molecule has 0 aliphatic heterocycles. The van der Waals surface area contributed by atoms with E-state index in [4.69, 9.17) is 21.1 Å². The summed E-state index contributed by atoms with van der Waals surface area (Å²) in [7, 11) is 3.48. The first kappa shape index (κ1) is 101. The highest BCUT2D eigenvalue weighted by Crippen LogP contribution is 2.36. The maximum atomic E-state index is 13.9. The van der Waals surface area contributed by atoms with E-state index in [1.54, 1.807) is 52.0 Å². The van der Waals surface area contributed by atoms with Crippen molar-refractivity contribution in [1.82, 2.24) is 0 Å². The molecule has 8 rings (SSSR count). The summed E-state index contributed by atoms with van der Waals surface area (Å²) in [5.74, 6) is 8.15. The maximum absolute atomic E-state index is 13.9. The third-order valence-electron chi connectivity index (χ3n) is 19.5. The highest BCUT2D eigenvalue weighted by molar-refractivity contribution is 7.98. The molecule has 2 nitrogen and oxygen atoms in total. The lowest BCUT2D eigenvalue weighted by atomic mass is 9.96. The van der Waals surface area contributed by atoms with Crippen LogP contribution in [0.5, 0.6) is 11.5 Å². The van der Waals surface area contributed by atoms with E-state index < -0.39 is 11.6 Å². The van der Waals surface area contributed by atoms with E-state index in [1.807, 2.05) is 71.7 Å². The summed E-state index contributed by atoms with van der Waals surface area (Å²) in [6, 6.07) is 47.5. The van der Waals surface area contributed by atoms with Crippen molar-refractivity contribution < 1.29 is 27.0 Å². The molecule has 606 valence electrons. The summed E-state index contributed by atoms with van der Waals surface area (Å²) in [5, 5.41) is 0.904. The van der Waals surface area contributed by atoms with Crippen LogP contribution < -0.4 is 9.47 Å². The Labute approximate surface area is 678 Å². The molecule has 0 bridgehead atoms. The van der Waals surface area contributed by atoms with Gasteiger partial charge in [0.1, 0.15) is 34.8 Å². The number of thioether (sulfide) groups is 2. The Hall–Kier alpha value is -5.93. The van der Waals surface area contributed by atoms with Crippen LogP contribution in [0.1, 0.15) is 405 Å². The lowest BCUT2D eigenvalue weighted by Gasteiger charge is -2.15. The van der Waals surface area contributed by atoms with Gasteiger partial charge in [0.15, 0.2) is 0 Å². The van der Waals surface area contributed by atoms with E-state index in [2.05, 4.69) is 276 Å². The van der Waals surface area contributed by atoms with E-state index in [-0.39, 0.29) is 40.9 Å². The molecule has 0 saturated carbocycles. The molecule has 0 atom stereocenters. The van der Waals surface area contributed by atoms with Gasteiger partial charge in [-0.3, -0.25) is 0 Å². The van der Waals surface area contributed by atoms with Gasteiger partial charge in [0.25, 0.3) is 0 Å². The SMILES string of the molecule is CC(C)c1cc(F)c(C(C)C)c(F)c1.CC(C)c1ccc(C(C)C)c(Cl)c1.CC(C)c1ccc(C(C)C)c(F)c1.CC(C)c1ccc(C(C)C)cc1.COc1cc(C(C)C)ccc1C(C)C.COc1cc(C(C)C)ccc1C(C)C.CSc1cc(C(C)C)cc(F)c1C(C)C.CSc1cc(C(C)C)ccc1C(C)C. The van der Waals surface area contributed by atoms with E-state index in [0.717, 1.165) is 43.7 Å². The third-order valence-corrected chi connectivity index (χ3v) is 21.4. The molecular formula is C100H147ClF4O2S2. The first-order valence-electron chi connectivity index (χ1n) is 40.3. The van der Waals surface area contributed by atoms with Crippen molar-refractivity contribution in [2.24, 2.45) is 0 Å². The molecule has 0 aromatic heterocycles. The Morgan fingerprint density at radius 1 is 0.229 bits per heavy atom. The maximum Gasteiger partial charge on any atom is 0.129 e. The molecule has 109 heavy (non-hydrogen) atoms. The first-order valence-corrected chi connectivity index (χ1v) is 43.1. The van der Waals surface area contributed by atoms with Gasteiger partial charge in [0.05, 0.1) is 14.2 Å². The Morgan fingerprint density at radius 2 is 0.468 bits per heavy atom. The van der Waals surface area contributed by atoms with Crippen LogP contribution >= 0.6 is 35.1 Å². The van der Waals surface area contributed by atoms with Crippen molar-refractivity contribution in [3.63, 3.8) is 0 Å². The fourth-order valence-electron chi connectivity index (χ4n) is 11.9. The van der Waals surface area contributed by atoms with Gasteiger partial charge >= 0.3 is 0 Å². The topological polar surface area (TPSA) is 18.5 Å². The monoisotopic (exact) mass is 1560 g/mol. The van der Waals surface area contributed by atoms with Crippen LogP contribution in [0.3, 0.4) is 0 Å². The summed E-state index contributed by atoms with van der Waals surface area (Å²) >= 11 is 9.65. The van der Waals surface area contributed by atoms with Gasteiger partial charge in [-0.15, -0.1) is 23.5 Å². The van der Waals surface area contributed by atoms with E-state index in [9.17, 15) is 17.6 Å². The van der Waals surface area contributed by atoms with E-state index in [0.29, 0.717) is 76.6 Å². The Morgan fingerprint density at radius 3 is 0.743 bits per heavy atom. The molecule has 0 aliphatic carbocycles. The average Bonchev–Trinajstić information content (AvgIpc) is 0.845. The zero-order chi connectivity index (χ0) is 83.8. The highest BCUT2D eigenvalue weighted by atomic mass is 35.5. The van der Waals surface area contributed by atoms with Gasteiger partial charge in [0.2, 0.25) is 0 Å². The fraction of sp³-hybridized carbons (Fsp3) is 0.520. The number of hydrogen-bond acceptors (Lipinski definition) is 4. The summed E-state index contributed by atoms with van der Waals surface area (Å²) in [5.41, 5.74) is 18.3. The van der Waals surface area contributed by atoms with Gasteiger partial charge in [-0.2, -0.15) is 0 Å². The fourth-order valence-corrected chi connectivity index (χ4v) is 13.9. The molecular weight excluding hydrogens is 1410 g/mol. The van der Waals surface area contributed by atoms with Crippen molar-refractivity contribution in [3.05, 3.63) is 257 Å². The summed E-state index contributed by atoms with van der Waals surface area (Å²) < 4.78 is 65.1. The number of rotatable bonds is 20. The number of halogens is 5. The predicted octanol–water partition coefficient (Wildman–Crippen LogP) is 34.1. The number of hydrogen-bond donors (Lipinski definition) is 0. The molecule has 0 unspecified atom stereocenters. The number of ether oxygens (including phenoxy) is 2. The molecule has 0 amide bonds. The van der Waals surface area contributed by atoms with Crippen LogP contribution in [0.15, 0.2) is 149 Å². The van der Waals surface area contributed by atoms with Gasteiger partial charge in [-0.05, 0) is 240 Å². The third kappa shape index (κ3) is 34.1. The van der Waals surface area contributed by atoms with Crippen LogP contribution in [0.25, 0.3) is 0 Å². The van der Waals surface area contributed by atoms with Crippen LogP contribution in [0.4, 0.5) is 17.6 Å². The van der Waals surface area contributed by atoms with Crippen molar-refractivity contribution >= 4 is 35.1 Å². The Balaban J connectivity index is 0.000000623. The van der Waals surface area contributed by atoms with Gasteiger partial charge in [-0.25, -0.2) is 17.6 Å². The lowest BCUT2D eigenvalue weighted by Crippen LogP contribution is -2.01. The minimum Gasteiger partial charge on any atom is -0.496 e. The molecule has 8 aromatic carbocycles. The molecule has 0 saturated heterocycles. The van der Waals surface area contributed by atoms with Crippen molar-refractivity contribution in [2.75, 3.05) is 26.7 Å². The van der Waals surface area contributed by atoms with Crippen LogP contribution in [-0.4, -0.2) is 26.7 Å². The highest BCUT2D eigenvalue weighted by Gasteiger charge is 2.19. The largest absolute Gasteiger partial charge is 0.496 e. The van der Waals surface area contributed by atoms with Crippen LogP contribution in [0, 0.1) is 23.3 Å². The number of methoxy groups -OCH3 is 2. The van der Waals surface area contributed by atoms with E-state index >= 15 is 0 Å². The predicted molar refractivity (Wildman–Crippen MR) is 478 cm³/mol. The molecule has 9 heteroatoms. The Bertz CT molecular complexity index is 3640. The standard InChI is InChI=1S/C13H19FS.2C13H20O.C13H20S.C12H17Cl.C12H16F2.C12H17F.C12H18/c1-8(2)10-6-11(14)13(9(3)4)12(7-10)15-5;3*1-9(2)11-6-7-12(10(3)4)13(8-11)14-5;1-8(2)10-5-6-11(9(3)4)12(13)7-10;1-7(2)9-5-10(13)12(8(3)4)11(14)6-9;1-8(2)10-5-6-11(9(3)4)12(13)7-10;1-9(2)11-5-7-12(8-6-11)10(3)4/h6-9H,1-5H3;3*6-10H,1-5H3;5-9H,1-4H3;5-8H,1-4H3;5-9H,1-4H3;5-10H,1-4H3. The zero-order valence-electron chi connectivity index (χ0n) is 74.5. The second kappa shape index (κ2) is 50.2. The minimum absolute atomic E-state index is 0.0550. The molecule has 8 aromatic rings. The molecule has 0 heterocycles. The molecule has 0 N–H and O–H groups in total. The van der Waals surface area contributed by atoms with Crippen molar-refractivity contribution in [2.45, 2.75) is 326 Å². The van der Waals surface area contributed by atoms with E-state index in [1.165, 1.54) is 72.7 Å². The first-order chi connectivity index (χ1) is 50.7. The molecule has 0 aliphatic rings. The van der Waals surface area contributed by atoms with Crippen LogP contribution in [-0.2, 0) is 0 Å². The van der Waals surface area contributed by atoms with Gasteiger partial charge in [-0.1, -0.05) is 318 Å². The Kier molecular flexibility index (Phi) is 46.6. The second-order valence-electron chi connectivity index (χ2n) is 33.7. The smallest absolute Gasteiger partial charge is 0.129 e. The summed E-state index contributed by atoms with van der Waals surface area (Å²) in [6.07, 6.45) is 4.16. The minimum atomic E-state index is -0.427. The van der Waals surface area contributed by atoms with Crippen molar-refractivity contribution in [1.29, 1.82) is 0 Å². The molecule has 0 radical (unpaired) electrons. The van der Waals surface area contributed by atoms with Crippen molar-refractivity contribution in [3.8, 4) is 11.5 Å². The quantitative estimate of drug-likeness (QED) is 0.0559. The molecule has 0 fully saturated rings. The van der Waals surface area contributed by atoms with Crippen LogP contribution in [0.2, 0.25) is 5.02 Å². The molecule has 0 spiro atoms. The summed E-state index contributed by atoms with van der Waals surface area (Å²) in [4.78, 5) is 2.51. The number of benzene rings is 8. The van der Waals surface area contributed by atoms with Gasteiger partial charge < -0.3 is 9.47 Å². The van der Waals surface area contributed by atoms with Gasteiger partial charge in [0, 0.05) is 25.9 Å². The summed E-state index contributed by atoms with van der Waals surface area (Å²) in [6.45, 7) is 68.0. The normalized spacial score (nSPS) is 11.3. The lowest BCUT2D eigenvalue weighted by molar-refractivity contribution is 0.406. The zero-order valence-corrected chi connectivity index (χ0v) is 76.9.